The van der Waals surface area contributed by atoms with Crippen LogP contribution < -0.4 is 15.6 Å². The summed E-state index contributed by atoms with van der Waals surface area (Å²) in [5.41, 5.74) is 0.532. The van der Waals surface area contributed by atoms with Gasteiger partial charge in [-0.3, -0.25) is 14.0 Å². The maximum absolute atomic E-state index is 13.1. The first-order chi connectivity index (χ1) is 14.5. The van der Waals surface area contributed by atoms with Gasteiger partial charge < -0.3 is 14.8 Å². The van der Waals surface area contributed by atoms with Crippen molar-refractivity contribution < 1.29 is 14.3 Å². The first-order valence-electron chi connectivity index (χ1n) is 9.19. The number of benzene rings is 1. The van der Waals surface area contributed by atoms with Gasteiger partial charge in [-0.2, -0.15) is 10.2 Å². The number of pyridine rings is 1. The molecular weight excluding hydrogens is 384 g/mol. The predicted octanol–water partition coefficient (Wildman–Crippen LogP) is 2.46. The van der Waals surface area contributed by atoms with E-state index < -0.39 is 11.5 Å². The Kier molecular flexibility index (Phi) is 6.57. The first-order valence-corrected chi connectivity index (χ1v) is 9.19. The van der Waals surface area contributed by atoms with Crippen LogP contribution in [0.2, 0.25) is 0 Å². The smallest absolute Gasteiger partial charge is 0.269 e. The summed E-state index contributed by atoms with van der Waals surface area (Å²) >= 11 is 0. The number of hydrogen-bond acceptors (Lipinski definition) is 6. The van der Waals surface area contributed by atoms with Crippen molar-refractivity contribution in [3.8, 4) is 17.7 Å². The molecule has 1 aromatic carbocycles. The van der Waals surface area contributed by atoms with Crippen LogP contribution >= 0.6 is 0 Å². The van der Waals surface area contributed by atoms with E-state index in [4.69, 9.17) is 9.47 Å². The Hall–Kier alpha value is -3.96. The third-order valence-corrected chi connectivity index (χ3v) is 4.28. The van der Waals surface area contributed by atoms with Crippen molar-refractivity contribution in [2.24, 2.45) is 0 Å². The summed E-state index contributed by atoms with van der Waals surface area (Å²) in [6.07, 6.45) is 2.76. The van der Waals surface area contributed by atoms with Crippen LogP contribution in [0.1, 0.15) is 11.1 Å². The lowest BCUT2D eigenvalue weighted by atomic mass is 10.1. The summed E-state index contributed by atoms with van der Waals surface area (Å²) in [6.45, 7) is 2.39. The fourth-order valence-electron chi connectivity index (χ4n) is 2.71. The lowest BCUT2D eigenvalue weighted by Gasteiger charge is -2.12. The average Bonchev–Trinajstić information content (AvgIpc) is 2.75. The third-order valence-electron chi connectivity index (χ3n) is 4.28. The Labute approximate surface area is 173 Å². The molecule has 0 spiro atoms. The van der Waals surface area contributed by atoms with E-state index >= 15 is 0 Å². The maximum atomic E-state index is 13.1. The Morgan fingerprint density at radius 3 is 2.77 bits per heavy atom. The highest BCUT2D eigenvalue weighted by molar-refractivity contribution is 6.01. The monoisotopic (exact) mass is 404 g/mol. The minimum absolute atomic E-state index is 0.000365. The van der Waals surface area contributed by atoms with E-state index in [1.54, 1.807) is 36.5 Å². The Bertz CT molecular complexity index is 1210. The van der Waals surface area contributed by atoms with E-state index in [0.29, 0.717) is 18.0 Å². The Balaban J connectivity index is 2.12. The molecule has 8 heteroatoms. The highest BCUT2D eigenvalue weighted by atomic mass is 16.5. The van der Waals surface area contributed by atoms with Gasteiger partial charge in [0, 0.05) is 19.9 Å². The number of nitrogens with zero attached hydrogens (tertiary/aromatic N) is 3. The summed E-state index contributed by atoms with van der Waals surface area (Å²) in [7, 11) is 1.50. The second kappa shape index (κ2) is 9.49. The van der Waals surface area contributed by atoms with Gasteiger partial charge in [-0.05, 0) is 36.8 Å². The molecule has 0 atom stereocenters. The number of aryl methyl sites for hydroxylation is 1. The molecule has 0 unspecified atom stereocenters. The number of methoxy groups -OCH3 is 1. The van der Waals surface area contributed by atoms with Gasteiger partial charge in [0.25, 0.3) is 11.5 Å². The summed E-state index contributed by atoms with van der Waals surface area (Å²) in [5, 5.41) is 12.0. The van der Waals surface area contributed by atoms with E-state index in [1.807, 2.05) is 25.1 Å². The zero-order chi connectivity index (χ0) is 21.5. The summed E-state index contributed by atoms with van der Waals surface area (Å²) in [4.78, 5) is 29.9. The van der Waals surface area contributed by atoms with Crippen LogP contribution in [0.3, 0.4) is 0 Å². The van der Waals surface area contributed by atoms with Gasteiger partial charge in [-0.25, -0.2) is 0 Å². The van der Waals surface area contributed by atoms with Crippen molar-refractivity contribution in [1.29, 1.82) is 5.26 Å². The molecule has 0 radical (unpaired) electrons. The lowest BCUT2D eigenvalue weighted by molar-refractivity contribution is -0.117. The molecule has 0 aliphatic rings. The minimum atomic E-state index is -0.617. The van der Waals surface area contributed by atoms with E-state index in [2.05, 4.69) is 10.3 Å². The quantitative estimate of drug-likeness (QED) is 0.368. The fourth-order valence-corrected chi connectivity index (χ4v) is 2.71. The van der Waals surface area contributed by atoms with Crippen LogP contribution in [0.25, 0.3) is 11.7 Å². The number of carbonyl (C=O) groups excluding carboxylic acids is 1. The molecule has 8 nitrogen and oxygen atoms in total. The molecule has 30 heavy (non-hydrogen) atoms. The van der Waals surface area contributed by atoms with Crippen molar-refractivity contribution in [3.63, 3.8) is 0 Å². The molecule has 0 aliphatic heterocycles. The number of fused-ring (bicyclic) bond motifs is 1. The second-order valence-corrected chi connectivity index (χ2v) is 6.35. The molecule has 1 amide bonds. The van der Waals surface area contributed by atoms with Crippen LogP contribution in [-0.4, -0.2) is 35.6 Å². The van der Waals surface area contributed by atoms with Crippen molar-refractivity contribution in [2.75, 3.05) is 20.3 Å². The summed E-state index contributed by atoms with van der Waals surface area (Å²) in [5.74, 6) is -0.0886. The van der Waals surface area contributed by atoms with Gasteiger partial charge >= 0.3 is 0 Å². The van der Waals surface area contributed by atoms with Gasteiger partial charge in [0.05, 0.1) is 6.61 Å². The largest absolute Gasteiger partial charge is 0.438 e. The van der Waals surface area contributed by atoms with Gasteiger partial charge in [0.15, 0.2) is 0 Å². The minimum Gasteiger partial charge on any atom is -0.438 e. The highest BCUT2D eigenvalue weighted by Gasteiger charge is 2.17. The molecule has 0 aliphatic carbocycles. The van der Waals surface area contributed by atoms with Gasteiger partial charge in [0.2, 0.25) is 5.88 Å². The number of ether oxygens (including phenoxy) is 2. The number of nitriles is 1. The van der Waals surface area contributed by atoms with Crippen molar-refractivity contribution in [1.82, 2.24) is 14.7 Å². The van der Waals surface area contributed by atoms with Crippen molar-refractivity contribution in [3.05, 3.63) is 75.7 Å². The van der Waals surface area contributed by atoms with Gasteiger partial charge in [0.1, 0.15) is 28.6 Å². The number of nitrogens with one attached hydrogen (secondary N) is 1. The number of amides is 1. The molecule has 0 saturated carbocycles. The normalized spacial score (nSPS) is 11.2. The van der Waals surface area contributed by atoms with Crippen LogP contribution in [-0.2, 0) is 9.53 Å². The molecule has 0 fully saturated rings. The van der Waals surface area contributed by atoms with Crippen LogP contribution in [0.4, 0.5) is 0 Å². The number of rotatable bonds is 7. The molecule has 3 rings (SSSR count). The van der Waals surface area contributed by atoms with Gasteiger partial charge in [-0.1, -0.05) is 24.3 Å². The molecule has 152 valence electrons. The SMILES string of the molecule is COCCNC(=O)/C(C#N)=C/c1c(Oc2ccccc2C)nc2ccccn2c1=O. The fraction of sp³-hybridized carbons (Fsp3) is 0.182. The number of hydrogen-bond donors (Lipinski definition) is 1. The molecular formula is C22H20N4O4. The standard InChI is InChI=1S/C22H20N4O4/c1-15-7-3-4-8-18(15)30-21-17(13-16(14-23)20(27)24-10-12-29-2)22(28)26-11-6-5-9-19(26)25-21/h3-9,11,13H,10,12H2,1-2H3,(H,24,27)/b16-13+. The van der Waals surface area contributed by atoms with Crippen LogP contribution in [0.5, 0.6) is 11.6 Å². The summed E-state index contributed by atoms with van der Waals surface area (Å²) in [6, 6.07) is 14.2. The number of aromatic nitrogens is 2. The average molecular weight is 404 g/mol. The Morgan fingerprint density at radius 1 is 1.27 bits per heavy atom. The molecule has 0 saturated heterocycles. The predicted molar refractivity (Wildman–Crippen MR) is 111 cm³/mol. The molecule has 0 bridgehead atoms. The topological polar surface area (TPSA) is 106 Å². The molecule has 2 heterocycles. The summed E-state index contributed by atoms with van der Waals surface area (Å²) < 4.78 is 12.1. The van der Waals surface area contributed by atoms with Crippen LogP contribution in [0, 0.1) is 18.3 Å². The number of para-hydroxylation sites is 1. The third kappa shape index (κ3) is 4.54. The molecule has 1 N–H and O–H groups in total. The highest BCUT2D eigenvalue weighted by Crippen LogP contribution is 2.26. The molecule has 2 aromatic heterocycles. The van der Waals surface area contributed by atoms with Crippen molar-refractivity contribution in [2.45, 2.75) is 6.92 Å². The van der Waals surface area contributed by atoms with E-state index in [0.717, 1.165) is 5.56 Å². The first kappa shape index (κ1) is 20.8. The Morgan fingerprint density at radius 2 is 2.03 bits per heavy atom. The van der Waals surface area contributed by atoms with Crippen molar-refractivity contribution >= 4 is 17.6 Å². The zero-order valence-electron chi connectivity index (χ0n) is 16.6. The lowest BCUT2D eigenvalue weighted by Crippen LogP contribution is -2.28. The number of carbonyl (C=O) groups is 1. The van der Waals surface area contributed by atoms with Crippen LogP contribution in [0.15, 0.2) is 59.0 Å². The van der Waals surface area contributed by atoms with E-state index in [9.17, 15) is 14.9 Å². The van der Waals surface area contributed by atoms with E-state index in [1.165, 1.54) is 17.6 Å². The zero-order valence-corrected chi connectivity index (χ0v) is 16.6. The molecule has 3 aromatic rings. The van der Waals surface area contributed by atoms with E-state index in [-0.39, 0.29) is 23.6 Å². The maximum Gasteiger partial charge on any atom is 0.269 e. The second-order valence-electron chi connectivity index (χ2n) is 6.35. The van der Waals surface area contributed by atoms with Gasteiger partial charge in [-0.15, -0.1) is 0 Å².